The summed E-state index contributed by atoms with van der Waals surface area (Å²) in [5.41, 5.74) is 0. The molecule has 0 radical (unpaired) electrons. The molecule has 0 saturated carbocycles. The van der Waals surface area contributed by atoms with E-state index in [1.807, 2.05) is 0 Å². The van der Waals surface area contributed by atoms with Crippen LogP contribution in [0.5, 0.6) is 0 Å². The zero-order valence-corrected chi connectivity index (χ0v) is 10.2. The van der Waals surface area contributed by atoms with Crippen LogP contribution < -0.4 is 5.32 Å². The van der Waals surface area contributed by atoms with Crippen LogP contribution in [0.3, 0.4) is 0 Å². The summed E-state index contributed by atoms with van der Waals surface area (Å²) in [4.78, 5) is 10.7. The highest BCUT2D eigenvalue weighted by Gasteiger charge is 2.28. The fourth-order valence-corrected chi connectivity index (χ4v) is 3.03. The molecule has 2 atom stereocenters. The second-order valence-corrected chi connectivity index (χ2v) is 5.32. The Kier molecular flexibility index (Phi) is 6.10. The summed E-state index contributed by atoms with van der Waals surface area (Å²) in [6.45, 7) is 2.21. The Morgan fingerprint density at radius 2 is 2.13 bits per heavy atom. The summed E-state index contributed by atoms with van der Waals surface area (Å²) < 4.78 is 0. The summed E-state index contributed by atoms with van der Waals surface area (Å²) in [5.74, 6) is 0.00517. The van der Waals surface area contributed by atoms with Crippen LogP contribution in [0.1, 0.15) is 45.4 Å². The first kappa shape index (κ1) is 12.8. The smallest absolute Gasteiger partial charge is 0.321 e. The summed E-state index contributed by atoms with van der Waals surface area (Å²) in [5, 5.41) is 12.3. The van der Waals surface area contributed by atoms with Crippen LogP contribution in [0.25, 0.3) is 0 Å². The minimum Gasteiger partial charge on any atom is -0.480 e. The van der Waals surface area contributed by atoms with E-state index in [0.29, 0.717) is 5.37 Å². The highest BCUT2D eigenvalue weighted by atomic mass is 32.2. The van der Waals surface area contributed by atoms with Gasteiger partial charge in [-0.3, -0.25) is 10.1 Å². The highest BCUT2D eigenvalue weighted by Crippen LogP contribution is 2.23. The van der Waals surface area contributed by atoms with Crippen molar-refractivity contribution in [2.24, 2.45) is 0 Å². The van der Waals surface area contributed by atoms with Crippen LogP contribution in [0.15, 0.2) is 0 Å². The zero-order chi connectivity index (χ0) is 11.1. The molecule has 0 spiro atoms. The molecule has 1 rings (SSSR count). The molecule has 0 aromatic carbocycles. The molecule has 1 fully saturated rings. The number of nitrogens with one attached hydrogen (secondary N) is 1. The van der Waals surface area contributed by atoms with E-state index in [9.17, 15) is 4.79 Å². The van der Waals surface area contributed by atoms with Gasteiger partial charge in [-0.15, -0.1) is 11.8 Å². The van der Waals surface area contributed by atoms with Crippen molar-refractivity contribution in [3.8, 4) is 0 Å². The number of rotatable bonds is 7. The fourth-order valence-electron chi connectivity index (χ4n) is 1.78. The standard InChI is InChI=1S/C11H21NO2S/c1-2-3-4-5-6-7-10-12-9(8-15-10)11(13)14/h9-10,12H,2-8H2,1H3,(H,13,14)/t9-,10?/m0/s1. The molecule has 1 aliphatic rings. The fraction of sp³-hybridized carbons (Fsp3) is 0.909. The van der Waals surface area contributed by atoms with Gasteiger partial charge < -0.3 is 5.11 Å². The maximum atomic E-state index is 10.7. The number of carbonyl (C=O) groups is 1. The monoisotopic (exact) mass is 231 g/mol. The van der Waals surface area contributed by atoms with Crippen molar-refractivity contribution in [3.63, 3.8) is 0 Å². The Labute approximate surface area is 96.0 Å². The minimum atomic E-state index is -0.712. The third kappa shape index (κ3) is 4.89. The van der Waals surface area contributed by atoms with Crippen LogP contribution in [0, 0.1) is 0 Å². The van der Waals surface area contributed by atoms with Gasteiger partial charge in [-0.1, -0.05) is 39.0 Å². The molecule has 0 amide bonds. The lowest BCUT2D eigenvalue weighted by Gasteiger charge is -2.10. The van der Waals surface area contributed by atoms with Crippen LogP contribution in [0.2, 0.25) is 0 Å². The van der Waals surface area contributed by atoms with Crippen LogP contribution in [-0.2, 0) is 4.79 Å². The number of carboxylic acid groups (broad SMARTS) is 1. The minimum absolute atomic E-state index is 0.323. The Balaban J connectivity index is 2.01. The van der Waals surface area contributed by atoms with E-state index in [1.165, 1.54) is 32.1 Å². The Morgan fingerprint density at radius 1 is 1.40 bits per heavy atom. The predicted octanol–water partition coefficient (Wildman–Crippen LogP) is 2.46. The lowest BCUT2D eigenvalue weighted by Crippen LogP contribution is -2.36. The quantitative estimate of drug-likeness (QED) is 0.661. The topological polar surface area (TPSA) is 49.3 Å². The average Bonchev–Trinajstić information content (AvgIpc) is 2.66. The average molecular weight is 231 g/mol. The number of aliphatic carboxylic acids is 1. The van der Waals surface area contributed by atoms with E-state index in [-0.39, 0.29) is 6.04 Å². The van der Waals surface area contributed by atoms with Crippen molar-refractivity contribution in [1.29, 1.82) is 0 Å². The van der Waals surface area contributed by atoms with Gasteiger partial charge in [0.05, 0.1) is 5.37 Å². The first-order valence-corrected chi connectivity index (χ1v) is 6.89. The first-order chi connectivity index (χ1) is 7.24. The molecule has 15 heavy (non-hydrogen) atoms. The lowest BCUT2D eigenvalue weighted by molar-refractivity contribution is -0.138. The molecule has 0 aromatic rings. The van der Waals surface area contributed by atoms with Crippen LogP contribution in [0.4, 0.5) is 0 Å². The summed E-state index contributed by atoms with van der Waals surface area (Å²) >= 11 is 1.75. The third-order valence-electron chi connectivity index (χ3n) is 2.72. The van der Waals surface area contributed by atoms with E-state index in [1.54, 1.807) is 11.8 Å². The summed E-state index contributed by atoms with van der Waals surface area (Å²) in [7, 11) is 0. The third-order valence-corrected chi connectivity index (χ3v) is 4.02. The molecule has 0 aromatic heterocycles. The van der Waals surface area contributed by atoms with Gasteiger partial charge in [-0.2, -0.15) is 0 Å². The molecule has 1 saturated heterocycles. The largest absolute Gasteiger partial charge is 0.480 e. The molecule has 1 unspecified atom stereocenters. The number of hydrogen-bond donors (Lipinski definition) is 2. The summed E-state index contributed by atoms with van der Waals surface area (Å²) in [6, 6.07) is -0.323. The van der Waals surface area contributed by atoms with Crippen molar-refractivity contribution >= 4 is 17.7 Å². The van der Waals surface area contributed by atoms with E-state index in [4.69, 9.17) is 5.11 Å². The normalized spacial score (nSPS) is 25.7. The van der Waals surface area contributed by atoms with E-state index in [0.717, 1.165) is 12.2 Å². The second kappa shape index (κ2) is 7.12. The summed E-state index contributed by atoms with van der Waals surface area (Å²) in [6.07, 6.45) is 7.52. The first-order valence-electron chi connectivity index (χ1n) is 5.84. The van der Waals surface area contributed by atoms with Crippen molar-refractivity contribution in [1.82, 2.24) is 5.32 Å². The number of hydrogen-bond acceptors (Lipinski definition) is 3. The van der Waals surface area contributed by atoms with Gasteiger partial charge in [-0.25, -0.2) is 0 Å². The van der Waals surface area contributed by atoms with Crippen molar-refractivity contribution in [3.05, 3.63) is 0 Å². The molecule has 4 heteroatoms. The van der Waals surface area contributed by atoms with Gasteiger partial charge in [0.1, 0.15) is 6.04 Å². The van der Waals surface area contributed by atoms with Gasteiger partial charge in [0.2, 0.25) is 0 Å². The molecule has 0 aliphatic carbocycles. The Morgan fingerprint density at radius 3 is 2.73 bits per heavy atom. The number of thioether (sulfide) groups is 1. The van der Waals surface area contributed by atoms with Crippen molar-refractivity contribution in [2.45, 2.75) is 56.9 Å². The molecule has 2 N–H and O–H groups in total. The van der Waals surface area contributed by atoms with E-state index in [2.05, 4.69) is 12.2 Å². The predicted molar refractivity (Wildman–Crippen MR) is 64.2 cm³/mol. The Bertz CT molecular complexity index is 199. The SMILES string of the molecule is CCCCCCCC1N[C@H](C(=O)O)CS1. The van der Waals surface area contributed by atoms with E-state index >= 15 is 0 Å². The van der Waals surface area contributed by atoms with Gasteiger partial charge in [0, 0.05) is 5.75 Å². The zero-order valence-electron chi connectivity index (χ0n) is 9.37. The highest BCUT2D eigenvalue weighted by molar-refractivity contribution is 8.00. The molecule has 0 bridgehead atoms. The van der Waals surface area contributed by atoms with Crippen LogP contribution in [-0.4, -0.2) is 28.2 Å². The molecular weight excluding hydrogens is 210 g/mol. The number of unbranched alkanes of at least 4 members (excludes halogenated alkanes) is 4. The molecule has 1 heterocycles. The molecular formula is C11H21NO2S. The lowest BCUT2D eigenvalue weighted by atomic mass is 10.1. The van der Waals surface area contributed by atoms with Gasteiger partial charge in [-0.05, 0) is 6.42 Å². The molecule has 88 valence electrons. The van der Waals surface area contributed by atoms with Crippen molar-refractivity contribution < 1.29 is 9.90 Å². The van der Waals surface area contributed by atoms with Crippen LogP contribution >= 0.6 is 11.8 Å². The van der Waals surface area contributed by atoms with Gasteiger partial charge in [0.15, 0.2) is 0 Å². The van der Waals surface area contributed by atoms with Crippen molar-refractivity contribution in [2.75, 3.05) is 5.75 Å². The number of carboxylic acids is 1. The molecule has 1 aliphatic heterocycles. The van der Waals surface area contributed by atoms with Gasteiger partial charge >= 0.3 is 5.97 Å². The molecule has 3 nitrogen and oxygen atoms in total. The maximum absolute atomic E-state index is 10.7. The Hall–Kier alpha value is -0.220. The van der Waals surface area contributed by atoms with E-state index < -0.39 is 5.97 Å². The maximum Gasteiger partial charge on any atom is 0.321 e. The van der Waals surface area contributed by atoms with Gasteiger partial charge in [0.25, 0.3) is 0 Å². The second-order valence-electron chi connectivity index (χ2n) is 4.08.